The molecule has 0 saturated heterocycles. The van der Waals surface area contributed by atoms with E-state index >= 15 is 0 Å². The second-order valence-electron chi connectivity index (χ2n) is 6.91. The van der Waals surface area contributed by atoms with Gasteiger partial charge in [-0.2, -0.15) is 0 Å². The Morgan fingerprint density at radius 1 is 0.933 bits per heavy atom. The fourth-order valence-electron chi connectivity index (χ4n) is 3.53. The summed E-state index contributed by atoms with van der Waals surface area (Å²) in [7, 11) is 0. The highest BCUT2D eigenvalue weighted by atomic mass is 16.3. The summed E-state index contributed by atoms with van der Waals surface area (Å²) < 4.78 is 6.93. The minimum absolute atomic E-state index is 0.149. The Labute approximate surface area is 171 Å². The fourth-order valence-corrected chi connectivity index (χ4v) is 3.53. The number of nitrogens with zero attached hydrogens (tertiary/aromatic N) is 2. The second-order valence-corrected chi connectivity index (χ2v) is 6.91. The molecule has 6 heteroatoms. The van der Waals surface area contributed by atoms with Gasteiger partial charge < -0.3 is 9.73 Å². The first kappa shape index (κ1) is 17.9. The van der Waals surface area contributed by atoms with Crippen LogP contribution in [0.1, 0.15) is 0 Å². The number of hydrogen-bond donors (Lipinski definition) is 1. The van der Waals surface area contributed by atoms with Crippen molar-refractivity contribution in [2.45, 2.75) is 6.54 Å². The van der Waals surface area contributed by atoms with E-state index in [1.807, 2.05) is 72.8 Å². The molecule has 1 N–H and O–H groups in total. The van der Waals surface area contributed by atoms with Crippen molar-refractivity contribution in [1.82, 2.24) is 9.55 Å². The number of benzene rings is 3. The number of amides is 1. The third-order valence-corrected chi connectivity index (χ3v) is 4.95. The lowest BCUT2D eigenvalue weighted by Crippen LogP contribution is -2.27. The number of hydrogen-bond acceptors (Lipinski definition) is 4. The van der Waals surface area contributed by atoms with Gasteiger partial charge in [0.1, 0.15) is 17.6 Å². The monoisotopic (exact) mass is 395 g/mol. The van der Waals surface area contributed by atoms with Crippen LogP contribution in [0.3, 0.4) is 0 Å². The summed E-state index contributed by atoms with van der Waals surface area (Å²) in [5, 5.41) is 3.68. The molecule has 0 saturated carbocycles. The van der Waals surface area contributed by atoms with E-state index in [9.17, 15) is 9.59 Å². The molecule has 2 heterocycles. The number of nitrogens with one attached hydrogen (secondary N) is 1. The minimum atomic E-state index is -0.386. The van der Waals surface area contributed by atoms with E-state index in [2.05, 4.69) is 10.3 Å². The highest BCUT2D eigenvalue weighted by Gasteiger charge is 2.15. The van der Waals surface area contributed by atoms with E-state index in [-0.39, 0.29) is 23.6 Å². The summed E-state index contributed by atoms with van der Waals surface area (Å²) in [6.45, 7) is -0.165. The van der Waals surface area contributed by atoms with E-state index in [0.717, 1.165) is 16.5 Å². The molecule has 6 nitrogen and oxygen atoms in total. The Hall–Kier alpha value is -4.19. The molecule has 0 aliphatic rings. The molecule has 30 heavy (non-hydrogen) atoms. The number of fused-ring (bicyclic) bond motifs is 3. The van der Waals surface area contributed by atoms with E-state index in [0.29, 0.717) is 16.8 Å². The zero-order valence-corrected chi connectivity index (χ0v) is 15.9. The standard InChI is InChI=1S/C24H17N3O3/c28-21(26-19-12-6-4-10-17(19)16-8-2-1-3-9-16)14-27-15-25-22-18-11-5-7-13-20(18)30-23(22)24(27)29/h1-13,15H,14H2,(H,26,28). The molecule has 3 aromatic carbocycles. The molecule has 2 aromatic heterocycles. The molecular weight excluding hydrogens is 378 g/mol. The number of carbonyl (C=O) groups is 1. The third-order valence-electron chi connectivity index (χ3n) is 4.95. The highest BCUT2D eigenvalue weighted by molar-refractivity contribution is 6.02. The van der Waals surface area contributed by atoms with Crippen LogP contribution in [0.4, 0.5) is 5.69 Å². The van der Waals surface area contributed by atoms with E-state index in [4.69, 9.17) is 4.42 Å². The Morgan fingerprint density at radius 3 is 2.53 bits per heavy atom. The van der Waals surface area contributed by atoms with Gasteiger partial charge in [-0.3, -0.25) is 14.2 Å². The van der Waals surface area contributed by atoms with Crippen LogP contribution in [0, 0.1) is 0 Å². The maximum atomic E-state index is 12.8. The molecule has 0 bridgehead atoms. The van der Waals surface area contributed by atoms with Gasteiger partial charge in [0.05, 0.1) is 6.33 Å². The van der Waals surface area contributed by atoms with E-state index in [1.54, 1.807) is 6.07 Å². The van der Waals surface area contributed by atoms with Gasteiger partial charge in [0.15, 0.2) is 0 Å². The summed E-state index contributed by atoms with van der Waals surface area (Å²) in [6, 6.07) is 24.7. The Balaban J connectivity index is 1.44. The fraction of sp³-hybridized carbons (Fsp3) is 0.0417. The molecular formula is C24H17N3O3. The predicted molar refractivity (Wildman–Crippen MR) is 116 cm³/mol. The van der Waals surface area contributed by atoms with Crippen LogP contribution in [0.15, 0.2) is 94.4 Å². The van der Waals surface area contributed by atoms with Crippen LogP contribution < -0.4 is 10.9 Å². The van der Waals surface area contributed by atoms with Gasteiger partial charge in [-0.25, -0.2) is 4.98 Å². The molecule has 1 amide bonds. The topological polar surface area (TPSA) is 77.1 Å². The van der Waals surface area contributed by atoms with Crippen LogP contribution in [0.25, 0.3) is 33.2 Å². The smallest absolute Gasteiger partial charge is 0.297 e. The van der Waals surface area contributed by atoms with Crippen molar-refractivity contribution in [3.63, 3.8) is 0 Å². The molecule has 0 unspecified atom stereocenters. The predicted octanol–water partition coefficient (Wildman–Crippen LogP) is 4.45. The number of para-hydroxylation sites is 2. The Bertz CT molecular complexity index is 1430. The van der Waals surface area contributed by atoms with E-state index < -0.39 is 0 Å². The average molecular weight is 395 g/mol. The van der Waals surface area contributed by atoms with Crippen LogP contribution in [0.2, 0.25) is 0 Å². The van der Waals surface area contributed by atoms with Gasteiger partial charge in [-0.1, -0.05) is 60.7 Å². The Kier molecular flexibility index (Phi) is 4.37. The zero-order chi connectivity index (χ0) is 20.5. The molecule has 5 aromatic rings. The molecule has 0 fully saturated rings. The number of rotatable bonds is 4. The van der Waals surface area contributed by atoms with E-state index in [1.165, 1.54) is 10.9 Å². The number of anilines is 1. The average Bonchev–Trinajstić information content (AvgIpc) is 3.16. The lowest BCUT2D eigenvalue weighted by Gasteiger charge is -2.12. The maximum Gasteiger partial charge on any atom is 0.297 e. The van der Waals surface area contributed by atoms with Gasteiger partial charge in [0, 0.05) is 16.6 Å². The first-order valence-electron chi connectivity index (χ1n) is 9.52. The van der Waals surface area contributed by atoms with Crippen molar-refractivity contribution in [3.05, 3.63) is 95.5 Å². The highest BCUT2D eigenvalue weighted by Crippen LogP contribution is 2.27. The normalized spacial score (nSPS) is 11.1. The molecule has 0 aliphatic carbocycles. The first-order valence-corrected chi connectivity index (χ1v) is 9.52. The summed E-state index contributed by atoms with van der Waals surface area (Å²) in [5.41, 5.74) is 3.44. The summed E-state index contributed by atoms with van der Waals surface area (Å²) >= 11 is 0. The van der Waals surface area contributed by atoms with Gasteiger partial charge in [-0.15, -0.1) is 0 Å². The SMILES string of the molecule is O=C(Cn1cnc2c(oc3ccccc32)c1=O)Nc1ccccc1-c1ccccc1. The molecule has 5 rings (SSSR count). The molecule has 146 valence electrons. The van der Waals surface area contributed by atoms with Gasteiger partial charge in [0.25, 0.3) is 5.56 Å². The van der Waals surface area contributed by atoms with Gasteiger partial charge in [-0.05, 0) is 23.8 Å². The lowest BCUT2D eigenvalue weighted by atomic mass is 10.0. The second kappa shape index (κ2) is 7.33. The van der Waals surface area contributed by atoms with Crippen molar-refractivity contribution < 1.29 is 9.21 Å². The van der Waals surface area contributed by atoms with Crippen molar-refractivity contribution >= 4 is 33.7 Å². The molecule has 0 radical (unpaired) electrons. The van der Waals surface area contributed by atoms with Crippen molar-refractivity contribution in [2.75, 3.05) is 5.32 Å². The van der Waals surface area contributed by atoms with Gasteiger partial charge >= 0.3 is 0 Å². The quantitative estimate of drug-likeness (QED) is 0.488. The first-order chi connectivity index (χ1) is 14.7. The minimum Gasteiger partial charge on any atom is -0.448 e. The van der Waals surface area contributed by atoms with Crippen molar-refractivity contribution in [2.24, 2.45) is 0 Å². The maximum absolute atomic E-state index is 12.8. The Morgan fingerprint density at radius 2 is 1.67 bits per heavy atom. The largest absolute Gasteiger partial charge is 0.448 e. The molecule has 0 atom stereocenters. The molecule has 0 aliphatic heterocycles. The van der Waals surface area contributed by atoms with Crippen LogP contribution >= 0.6 is 0 Å². The summed E-state index contributed by atoms with van der Waals surface area (Å²) in [6.07, 6.45) is 1.38. The van der Waals surface area contributed by atoms with Crippen molar-refractivity contribution in [1.29, 1.82) is 0 Å². The van der Waals surface area contributed by atoms with Crippen molar-refractivity contribution in [3.8, 4) is 11.1 Å². The number of carbonyl (C=O) groups excluding carboxylic acids is 1. The summed E-state index contributed by atoms with van der Waals surface area (Å²) in [5.74, 6) is -0.322. The van der Waals surface area contributed by atoms with Crippen LogP contribution in [-0.4, -0.2) is 15.5 Å². The van der Waals surface area contributed by atoms with Gasteiger partial charge in [0.2, 0.25) is 11.5 Å². The van der Waals surface area contributed by atoms with Crippen LogP contribution in [-0.2, 0) is 11.3 Å². The third kappa shape index (κ3) is 3.14. The number of furan rings is 1. The zero-order valence-electron chi connectivity index (χ0n) is 15.9. The lowest BCUT2D eigenvalue weighted by molar-refractivity contribution is -0.116. The van der Waals surface area contributed by atoms with Crippen LogP contribution in [0.5, 0.6) is 0 Å². The molecule has 0 spiro atoms. The summed E-state index contributed by atoms with van der Waals surface area (Å²) in [4.78, 5) is 29.9. The number of aromatic nitrogens is 2.